The Morgan fingerprint density at radius 3 is 2.35 bits per heavy atom. The molecule has 2 unspecified atom stereocenters. The van der Waals surface area contributed by atoms with Crippen LogP contribution in [0.4, 0.5) is 0 Å². The molecule has 20 heavy (non-hydrogen) atoms. The molecule has 2 aliphatic carbocycles. The van der Waals surface area contributed by atoms with Gasteiger partial charge in [-0.1, -0.05) is 32.6 Å². The quantitative estimate of drug-likeness (QED) is 0.837. The molecule has 0 saturated heterocycles. The van der Waals surface area contributed by atoms with E-state index in [1.54, 1.807) is 0 Å². The van der Waals surface area contributed by atoms with Crippen LogP contribution in [-0.2, 0) is 4.79 Å². The van der Waals surface area contributed by atoms with Crippen molar-refractivity contribution in [1.82, 2.24) is 5.32 Å². The highest BCUT2D eigenvalue weighted by Crippen LogP contribution is 2.30. The Balaban J connectivity index is 0.00000200. The third kappa shape index (κ3) is 5.25. The van der Waals surface area contributed by atoms with Crippen molar-refractivity contribution in [3.05, 3.63) is 0 Å². The summed E-state index contributed by atoms with van der Waals surface area (Å²) in [5.74, 6) is 2.08. The summed E-state index contributed by atoms with van der Waals surface area (Å²) in [6.07, 6.45) is 10.7. The van der Waals surface area contributed by atoms with Gasteiger partial charge in [-0.15, -0.1) is 12.4 Å². The monoisotopic (exact) mass is 302 g/mol. The summed E-state index contributed by atoms with van der Waals surface area (Å²) >= 11 is 0. The summed E-state index contributed by atoms with van der Waals surface area (Å²) < 4.78 is 0. The van der Waals surface area contributed by atoms with Crippen LogP contribution in [0.1, 0.15) is 64.7 Å². The van der Waals surface area contributed by atoms with Crippen LogP contribution in [0.15, 0.2) is 0 Å². The minimum Gasteiger partial charge on any atom is -0.356 e. The number of rotatable bonds is 4. The lowest BCUT2D eigenvalue weighted by Crippen LogP contribution is -2.40. The van der Waals surface area contributed by atoms with Gasteiger partial charge in [-0.05, 0) is 43.9 Å². The molecule has 0 spiro atoms. The first kappa shape index (κ1) is 17.8. The molecular formula is C16H31ClN2O. The molecule has 2 saturated carbocycles. The van der Waals surface area contributed by atoms with Gasteiger partial charge in [-0.3, -0.25) is 4.79 Å². The fourth-order valence-electron chi connectivity index (χ4n) is 3.70. The van der Waals surface area contributed by atoms with Crippen LogP contribution in [0.2, 0.25) is 0 Å². The van der Waals surface area contributed by atoms with Gasteiger partial charge in [0.15, 0.2) is 0 Å². The van der Waals surface area contributed by atoms with Crippen LogP contribution in [0.3, 0.4) is 0 Å². The number of halogens is 1. The second-order valence-electron chi connectivity index (χ2n) is 6.66. The van der Waals surface area contributed by atoms with E-state index in [0.717, 1.165) is 38.1 Å². The Hall–Kier alpha value is -0.280. The molecule has 0 bridgehead atoms. The molecule has 0 heterocycles. The summed E-state index contributed by atoms with van der Waals surface area (Å²) in [6, 6.07) is 0.240. The first-order valence-corrected chi connectivity index (χ1v) is 8.22. The van der Waals surface area contributed by atoms with Crippen LogP contribution in [0.5, 0.6) is 0 Å². The lowest BCUT2D eigenvalue weighted by atomic mass is 9.80. The Labute approximate surface area is 129 Å². The van der Waals surface area contributed by atoms with Crippen molar-refractivity contribution in [3.63, 3.8) is 0 Å². The van der Waals surface area contributed by atoms with Gasteiger partial charge in [-0.2, -0.15) is 0 Å². The molecule has 2 fully saturated rings. The normalized spacial score (nSPS) is 34.1. The van der Waals surface area contributed by atoms with Crippen LogP contribution in [0.25, 0.3) is 0 Å². The van der Waals surface area contributed by atoms with Crippen molar-refractivity contribution in [2.24, 2.45) is 23.5 Å². The highest BCUT2D eigenvalue weighted by molar-refractivity contribution is 5.85. The number of carbonyl (C=O) groups excluding carboxylic acids is 1. The smallest absolute Gasteiger partial charge is 0.223 e. The Morgan fingerprint density at radius 2 is 1.75 bits per heavy atom. The molecule has 2 aliphatic rings. The zero-order valence-electron chi connectivity index (χ0n) is 12.8. The summed E-state index contributed by atoms with van der Waals surface area (Å²) in [6.45, 7) is 3.18. The highest BCUT2D eigenvalue weighted by Gasteiger charge is 2.26. The molecule has 2 atom stereocenters. The number of carbonyl (C=O) groups is 1. The van der Waals surface area contributed by atoms with Gasteiger partial charge in [0, 0.05) is 18.5 Å². The second-order valence-corrected chi connectivity index (χ2v) is 6.66. The second kappa shape index (κ2) is 8.89. The maximum Gasteiger partial charge on any atom is 0.223 e. The van der Waals surface area contributed by atoms with E-state index in [-0.39, 0.29) is 30.3 Å². The number of nitrogens with two attached hydrogens (primary N) is 1. The maximum absolute atomic E-state index is 12.1. The van der Waals surface area contributed by atoms with Crippen molar-refractivity contribution < 1.29 is 4.79 Å². The van der Waals surface area contributed by atoms with Crippen molar-refractivity contribution in [2.75, 3.05) is 6.54 Å². The number of hydrogen-bond donors (Lipinski definition) is 2. The van der Waals surface area contributed by atoms with Gasteiger partial charge in [0.25, 0.3) is 0 Å². The lowest BCUT2D eigenvalue weighted by molar-refractivity contribution is -0.126. The first-order valence-electron chi connectivity index (χ1n) is 8.22. The Bertz CT molecular complexity index is 290. The van der Waals surface area contributed by atoms with Gasteiger partial charge >= 0.3 is 0 Å². The van der Waals surface area contributed by atoms with E-state index in [2.05, 4.69) is 12.2 Å². The van der Waals surface area contributed by atoms with Gasteiger partial charge in [0.05, 0.1) is 0 Å². The van der Waals surface area contributed by atoms with Crippen LogP contribution in [-0.4, -0.2) is 18.5 Å². The standard InChI is InChI=1S/C16H30N2O.ClH/c1-2-12-6-8-13(9-7-12)11-18-16(19)14-4-3-5-15(17)10-14;/h12-15H,2-11,17H2,1H3,(H,18,19);1H. The van der Waals surface area contributed by atoms with Crippen molar-refractivity contribution in [2.45, 2.75) is 70.8 Å². The topological polar surface area (TPSA) is 55.1 Å². The van der Waals surface area contributed by atoms with Gasteiger partial charge in [0.2, 0.25) is 5.91 Å². The molecule has 0 aromatic rings. The number of hydrogen-bond acceptors (Lipinski definition) is 2. The molecule has 3 nitrogen and oxygen atoms in total. The molecule has 4 heteroatoms. The van der Waals surface area contributed by atoms with E-state index in [9.17, 15) is 4.79 Å². The third-order valence-corrected chi connectivity index (χ3v) is 5.19. The predicted molar refractivity (Wildman–Crippen MR) is 85.9 cm³/mol. The SMILES string of the molecule is CCC1CCC(CNC(=O)C2CCCC(N)C2)CC1.Cl. The average Bonchev–Trinajstić information content (AvgIpc) is 2.45. The molecule has 0 aromatic carbocycles. The van der Waals surface area contributed by atoms with Gasteiger partial charge < -0.3 is 11.1 Å². The van der Waals surface area contributed by atoms with Crippen LogP contribution < -0.4 is 11.1 Å². The van der Waals surface area contributed by atoms with Crippen molar-refractivity contribution >= 4 is 18.3 Å². The molecule has 118 valence electrons. The molecular weight excluding hydrogens is 272 g/mol. The van der Waals surface area contributed by atoms with E-state index in [0.29, 0.717) is 5.92 Å². The average molecular weight is 303 g/mol. The fraction of sp³-hybridized carbons (Fsp3) is 0.938. The minimum absolute atomic E-state index is 0. The van der Waals surface area contributed by atoms with Crippen molar-refractivity contribution in [1.29, 1.82) is 0 Å². The van der Waals surface area contributed by atoms with Gasteiger partial charge in [-0.25, -0.2) is 0 Å². The highest BCUT2D eigenvalue weighted by atomic mass is 35.5. The molecule has 0 aliphatic heterocycles. The number of amides is 1. The summed E-state index contributed by atoms with van der Waals surface area (Å²) in [5.41, 5.74) is 5.95. The van der Waals surface area contributed by atoms with Gasteiger partial charge in [0.1, 0.15) is 0 Å². The Kier molecular flexibility index (Phi) is 7.90. The van der Waals surface area contributed by atoms with E-state index >= 15 is 0 Å². The van der Waals surface area contributed by atoms with E-state index in [4.69, 9.17) is 5.73 Å². The molecule has 3 N–H and O–H groups in total. The number of nitrogens with one attached hydrogen (secondary N) is 1. The van der Waals surface area contributed by atoms with E-state index in [1.165, 1.54) is 32.1 Å². The predicted octanol–water partition coefficient (Wildman–Crippen LogP) is 3.26. The largest absolute Gasteiger partial charge is 0.356 e. The third-order valence-electron chi connectivity index (χ3n) is 5.19. The van der Waals surface area contributed by atoms with Crippen LogP contribution in [0, 0.1) is 17.8 Å². The summed E-state index contributed by atoms with van der Waals surface area (Å²) in [5, 5.41) is 3.18. The van der Waals surface area contributed by atoms with Crippen LogP contribution >= 0.6 is 12.4 Å². The first-order chi connectivity index (χ1) is 9.19. The maximum atomic E-state index is 12.1. The zero-order chi connectivity index (χ0) is 13.7. The molecule has 2 rings (SSSR count). The zero-order valence-corrected chi connectivity index (χ0v) is 13.6. The molecule has 1 amide bonds. The minimum atomic E-state index is 0. The lowest BCUT2D eigenvalue weighted by Gasteiger charge is -2.29. The molecule has 0 aromatic heterocycles. The summed E-state index contributed by atoms with van der Waals surface area (Å²) in [4.78, 5) is 12.1. The Morgan fingerprint density at radius 1 is 1.10 bits per heavy atom. The fourth-order valence-corrected chi connectivity index (χ4v) is 3.70. The summed E-state index contributed by atoms with van der Waals surface area (Å²) in [7, 11) is 0. The van der Waals surface area contributed by atoms with E-state index < -0.39 is 0 Å². The van der Waals surface area contributed by atoms with Crippen molar-refractivity contribution in [3.8, 4) is 0 Å². The van der Waals surface area contributed by atoms with E-state index in [1.807, 2.05) is 0 Å². The molecule has 0 radical (unpaired) electrons.